The minimum Gasteiger partial charge on any atom is -0.496 e. The predicted octanol–water partition coefficient (Wildman–Crippen LogP) is 1.75. The summed E-state index contributed by atoms with van der Waals surface area (Å²) in [5.41, 5.74) is 2.60. The van der Waals surface area contributed by atoms with Gasteiger partial charge in [0, 0.05) is 38.3 Å². The first-order chi connectivity index (χ1) is 8.19. The summed E-state index contributed by atoms with van der Waals surface area (Å²) in [6.07, 6.45) is 0. The topological polar surface area (TPSA) is 15.7 Å². The fraction of sp³-hybridized carbons (Fsp3) is 0.571. The van der Waals surface area contributed by atoms with Gasteiger partial charge in [0.1, 0.15) is 5.75 Å². The van der Waals surface area contributed by atoms with Gasteiger partial charge in [-0.25, -0.2) is 0 Å². The van der Waals surface area contributed by atoms with Gasteiger partial charge in [-0.3, -0.25) is 4.90 Å². The molecule has 1 aliphatic rings. The molecule has 1 heterocycles. The Labute approximate surface area is 104 Å². The van der Waals surface area contributed by atoms with Crippen LogP contribution in [0.5, 0.6) is 5.75 Å². The SMILES string of the molecule is COc1ccc(C)cc1CN1CCN(C)CC1. The first kappa shape index (κ1) is 12.4. The zero-order chi connectivity index (χ0) is 12.3. The number of benzene rings is 1. The smallest absolute Gasteiger partial charge is 0.123 e. The van der Waals surface area contributed by atoms with Gasteiger partial charge in [-0.2, -0.15) is 0 Å². The van der Waals surface area contributed by atoms with Crippen LogP contribution in [0.15, 0.2) is 18.2 Å². The molecule has 2 rings (SSSR count). The lowest BCUT2D eigenvalue weighted by molar-refractivity contribution is 0.147. The van der Waals surface area contributed by atoms with Crippen molar-refractivity contribution in [3.63, 3.8) is 0 Å². The zero-order valence-electron chi connectivity index (χ0n) is 11.1. The number of methoxy groups -OCH3 is 1. The highest BCUT2D eigenvalue weighted by Gasteiger charge is 2.15. The van der Waals surface area contributed by atoms with Gasteiger partial charge in [0.05, 0.1) is 7.11 Å². The third-order valence-electron chi connectivity index (χ3n) is 3.43. The molecule has 0 aliphatic carbocycles. The fourth-order valence-electron chi connectivity index (χ4n) is 2.28. The molecule has 0 unspecified atom stereocenters. The Morgan fingerprint density at radius 1 is 1.18 bits per heavy atom. The van der Waals surface area contributed by atoms with Crippen LogP contribution < -0.4 is 4.74 Å². The van der Waals surface area contributed by atoms with E-state index in [1.807, 2.05) is 0 Å². The molecule has 1 fully saturated rings. The first-order valence-corrected chi connectivity index (χ1v) is 6.23. The number of ether oxygens (including phenoxy) is 1. The van der Waals surface area contributed by atoms with Gasteiger partial charge in [0.15, 0.2) is 0 Å². The number of likely N-dealkylation sites (N-methyl/N-ethyl adjacent to an activating group) is 1. The molecule has 1 aromatic carbocycles. The number of hydrogen-bond acceptors (Lipinski definition) is 3. The Kier molecular flexibility index (Phi) is 4.02. The van der Waals surface area contributed by atoms with Crippen LogP contribution in [-0.4, -0.2) is 50.1 Å². The molecule has 3 nitrogen and oxygen atoms in total. The Bertz CT molecular complexity index is 370. The summed E-state index contributed by atoms with van der Waals surface area (Å²) in [6.45, 7) is 7.75. The second-order valence-corrected chi connectivity index (χ2v) is 4.89. The van der Waals surface area contributed by atoms with Crippen molar-refractivity contribution in [3.8, 4) is 5.75 Å². The van der Waals surface area contributed by atoms with Crippen LogP contribution in [-0.2, 0) is 6.54 Å². The molecule has 1 saturated heterocycles. The number of hydrogen-bond donors (Lipinski definition) is 0. The zero-order valence-corrected chi connectivity index (χ0v) is 11.1. The van der Waals surface area contributed by atoms with E-state index in [1.54, 1.807) is 7.11 Å². The third-order valence-corrected chi connectivity index (χ3v) is 3.43. The van der Waals surface area contributed by atoms with Gasteiger partial charge in [0.2, 0.25) is 0 Å². The van der Waals surface area contributed by atoms with Crippen molar-refractivity contribution < 1.29 is 4.74 Å². The number of piperazine rings is 1. The summed E-state index contributed by atoms with van der Waals surface area (Å²) in [5.74, 6) is 1.01. The van der Waals surface area contributed by atoms with E-state index in [9.17, 15) is 0 Å². The molecule has 17 heavy (non-hydrogen) atoms. The van der Waals surface area contributed by atoms with E-state index >= 15 is 0 Å². The summed E-state index contributed by atoms with van der Waals surface area (Å²) in [5, 5.41) is 0. The number of aryl methyl sites for hydroxylation is 1. The average molecular weight is 234 g/mol. The van der Waals surface area contributed by atoms with Crippen LogP contribution in [0.3, 0.4) is 0 Å². The molecule has 0 amide bonds. The number of nitrogens with zero attached hydrogens (tertiary/aromatic N) is 2. The van der Waals surface area contributed by atoms with Crippen LogP contribution in [0.4, 0.5) is 0 Å². The maximum absolute atomic E-state index is 5.43. The maximum atomic E-state index is 5.43. The molecule has 1 aliphatic heterocycles. The molecular weight excluding hydrogens is 212 g/mol. The lowest BCUT2D eigenvalue weighted by Crippen LogP contribution is -2.43. The van der Waals surface area contributed by atoms with Gasteiger partial charge in [-0.05, 0) is 20.0 Å². The van der Waals surface area contributed by atoms with Crippen molar-refractivity contribution in [2.45, 2.75) is 13.5 Å². The molecular formula is C14H22N2O. The lowest BCUT2D eigenvalue weighted by Gasteiger charge is -2.32. The van der Waals surface area contributed by atoms with Gasteiger partial charge < -0.3 is 9.64 Å². The molecule has 0 aromatic heterocycles. The number of rotatable bonds is 3. The van der Waals surface area contributed by atoms with Crippen LogP contribution >= 0.6 is 0 Å². The standard InChI is InChI=1S/C14H22N2O/c1-12-4-5-14(17-3)13(10-12)11-16-8-6-15(2)7-9-16/h4-5,10H,6-9,11H2,1-3H3. The molecule has 0 radical (unpaired) electrons. The van der Waals surface area contributed by atoms with E-state index in [0.29, 0.717) is 0 Å². The van der Waals surface area contributed by atoms with E-state index in [2.05, 4.69) is 42.0 Å². The largest absolute Gasteiger partial charge is 0.496 e. The van der Waals surface area contributed by atoms with Crippen LogP contribution in [0, 0.1) is 6.92 Å². The lowest BCUT2D eigenvalue weighted by atomic mass is 10.1. The van der Waals surface area contributed by atoms with Crippen molar-refractivity contribution in [3.05, 3.63) is 29.3 Å². The summed E-state index contributed by atoms with van der Waals surface area (Å²) in [6, 6.07) is 6.41. The minimum atomic E-state index is 0.999. The monoisotopic (exact) mass is 234 g/mol. The molecule has 1 aromatic rings. The third kappa shape index (κ3) is 3.20. The molecule has 0 spiro atoms. The van der Waals surface area contributed by atoms with E-state index in [-0.39, 0.29) is 0 Å². The quantitative estimate of drug-likeness (QED) is 0.792. The minimum absolute atomic E-state index is 0.999. The Hall–Kier alpha value is -1.06. The second-order valence-electron chi connectivity index (χ2n) is 4.89. The highest BCUT2D eigenvalue weighted by atomic mass is 16.5. The summed E-state index contributed by atoms with van der Waals surface area (Å²) in [7, 11) is 3.93. The van der Waals surface area contributed by atoms with Crippen LogP contribution in [0.25, 0.3) is 0 Å². The highest BCUT2D eigenvalue weighted by Crippen LogP contribution is 2.21. The Morgan fingerprint density at radius 3 is 2.53 bits per heavy atom. The van der Waals surface area contributed by atoms with Crippen molar-refractivity contribution in [1.82, 2.24) is 9.80 Å². The molecule has 0 bridgehead atoms. The highest BCUT2D eigenvalue weighted by molar-refractivity contribution is 5.36. The molecule has 3 heteroatoms. The van der Waals surface area contributed by atoms with Crippen LogP contribution in [0.1, 0.15) is 11.1 Å². The van der Waals surface area contributed by atoms with Crippen LogP contribution in [0.2, 0.25) is 0 Å². The van der Waals surface area contributed by atoms with Crippen molar-refractivity contribution in [2.24, 2.45) is 0 Å². The normalized spacial score (nSPS) is 18.3. The van der Waals surface area contributed by atoms with Crippen molar-refractivity contribution >= 4 is 0 Å². The van der Waals surface area contributed by atoms with Gasteiger partial charge >= 0.3 is 0 Å². The Balaban J connectivity index is 2.04. The fourth-order valence-corrected chi connectivity index (χ4v) is 2.28. The molecule has 94 valence electrons. The molecule has 0 atom stereocenters. The second kappa shape index (κ2) is 5.52. The summed E-state index contributed by atoms with van der Waals surface area (Å²) < 4.78 is 5.43. The Morgan fingerprint density at radius 2 is 1.88 bits per heavy atom. The summed E-state index contributed by atoms with van der Waals surface area (Å²) in [4.78, 5) is 4.88. The van der Waals surface area contributed by atoms with Gasteiger partial charge in [0.25, 0.3) is 0 Å². The van der Waals surface area contributed by atoms with Crippen molar-refractivity contribution in [2.75, 3.05) is 40.3 Å². The van der Waals surface area contributed by atoms with Gasteiger partial charge in [-0.15, -0.1) is 0 Å². The summed E-state index contributed by atoms with van der Waals surface area (Å²) >= 11 is 0. The van der Waals surface area contributed by atoms with E-state index < -0.39 is 0 Å². The maximum Gasteiger partial charge on any atom is 0.123 e. The molecule has 0 N–H and O–H groups in total. The van der Waals surface area contributed by atoms with Gasteiger partial charge in [-0.1, -0.05) is 17.7 Å². The molecule has 0 saturated carbocycles. The predicted molar refractivity (Wildman–Crippen MR) is 70.5 cm³/mol. The van der Waals surface area contributed by atoms with E-state index in [0.717, 1.165) is 38.5 Å². The van der Waals surface area contributed by atoms with E-state index in [4.69, 9.17) is 4.74 Å². The average Bonchev–Trinajstić information content (AvgIpc) is 2.32. The van der Waals surface area contributed by atoms with E-state index in [1.165, 1.54) is 11.1 Å². The van der Waals surface area contributed by atoms with Crippen molar-refractivity contribution in [1.29, 1.82) is 0 Å². The first-order valence-electron chi connectivity index (χ1n) is 6.23.